The first-order valence-corrected chi connectivity index (χ1v) is 3.69. The zero-order valence-electron chi connectivity index (χ0n) is 6.63. The van der Waals surface area contributed by atoms with Crippen LogP contribution in [0.1, 0.15) is 17.5 Å². The first-order valence-electron chi connectivity index (χ1n) is 3.69. The van der Waals surface area contributed by atoms with Gasteiger partial charge in [-0.15, -0.1) is 0 Å². The molecule has 2 aromatic rings. The highest BCUT2D eigenvalue weighted by molar-refractivity contribution is 5.95. The van der Waals surface area contributed by atoms with Crippen molar-refractivity contribution in [1.29, 1.82) is 0 Å². The van der Waals surface area contributed by atoms with E-state index in [1.54, 1.807) is 0 Å². The highest BCUT2D eigenvalue weighted by Crippen LogP contribution is 2.17. The fourth-order valence-electron chi connectivity index (χ4n) is 1.08. The topological polar surface area (TPSA) is 30.2 Å². The molecule has 0 aliphatic rings. The second kappa shape index (κ2) is 2.48. The minimum Gasteiger partial charge on any atom is -0.452 e. The summed E-state index contributed by atoms with van der Waals surface area (Å²) in [5, 5.41) is 0.850. The fraction of sp³-hybridized carbons (Fsp3) is 0.100. The lowest BCUT2D eigenvalue weighted by atomic mass is 10.2. The molecule has 59 valence electrons. The summed E-state index contributed by atoms with van der Waals surface area (Å²) in [7, 11) is 0. The lowest BCUT2D eigenvalue weighted by molar-refractivity contribution is 0.0989. The number of hydrogen-bond acceptors (Lipinski definition) is 2. The van der Waals surface area contributed by atoms with Gasteiger partial charge in [0.25, 0.3) is 0 Å². The van der Waals surface area contributed by atoms with Gasteiger partial charge in [-0.2, -0.15) is 0 Å². The number of ketones is 1. The highest BCUT2D eigenvalue weighted by atomic mass is 16.3. The third-order valence-corrected chi connectivity index (χ3v) is 1.67. The lowest BCUT2D eigenvalue weighted by Gasteiger charge is -1.83. The number of furan rings is 1. The van der Waals surface area contributed by atoms with Gasteiger partial charge in [-0.1, -0.05) is 18.2 Å². The van der Waals surface area contributed by atoms with E-state index in [0.717, 1.165) is 5.39 Å². The number of carbonyl (C=O) groups excluding carboxylic acids is 1. The fourth-order valence-corrected chi connectivity index (χ4v) is 1.08. The smallest absolute Gasteiger partial charge is 0.195 e. The Morgan fingerprint density at radius 1 is 1.42 bits per heavy atom. The Morgan fingerprint density at radius 3 is 2.83 bits per heavy atom. The molecule has 1 radical (unpaired) electrons. The third-order valence-electron chi connectivity index (χ3n) is 1.67. The summed E-state index contributed by atoms with van der Waals surface area (Å²) in [6, 6.07) is 10.3. The molecule has 0 unspecified atom stereocenters. The molecule has 0 saturated heterocycles. The van der Waals surface area contributed by atoms with Crippen molar-refractivity contribution in [2.24, 2.45) is 0 Å². The van der Waals surface area contributed by atoms with E-state index in [2.05, 4.69) is 6.07 Å². The largest absolute Gasteiger partial charge is 0.452 e. The molecule has 0 spiro atoms. The van der Waals surface area contributed by atoms with E-state index >= 15 is 0 Å². The van der Waals surface area contributed by atoms with Gasteiger partial charge in [-0.05, 0) is 6.07 Å². The number of benzene rings is 1. The summed E-state index contributed by atoms with van der Waals surface area (Å²) < 4.78 is 5.22. The van der Waals surface area contributed by atoms with Crippen LogP contribution in [0.5, 0.6) is 0 Å². The van der Waals surface area contributed by atoms with Crippen molar-refractivity contribution < 1.29 is 9.21 Å². The maximum Gasteiger partial charge on any atom is 0.195 e. The average molecular weight is 159 g/mol. The second-order valence-electron chi connectivity index (χ2n) is 2.61. The maximum absolute atomic E-state index is 10.9. The SMILES string of the molecule is CC(=O)c1[c]c2ccccc2o1. The van der Waals surface area contributed by atoms with Gasteiger partial charge in [0, 0.05) is 18.4 Å². The summed E-state index contributed by atoms with van der Waals surface area (Å²) in [5.74, 6) is 0.211. The zero-order chi connectivity index (χ0) is 8.55. The number of para-hydroxylation sites is 1. The van der Waals surface area contributed by atoms with Crippen LogP contribution in [0.15, 0.2) is 28.7 Å². The average Bonchev–Trinajstić information content (AvgIpc) is 2.46. The summed E-state index contributed by atoms with van der Waals surface area (Å²) in [4.78, 5) is 10.9. The Balaban J connectivity index is 2.70. The van der Waals surface area contributed by atoms with Crippen molar-refractivity contribution in [3.05, 3.63) is 36.1 Å². The van der Waals surface area contributed by atoms with Crippen LogP contribution in [0.25, 0.3) is 11.0 Å². The van der Waals surface area contributed by atoms with E-state index < -0.39 is 0 Å². The van der Waals surface area contributed by atoms with Crippen LogP contribution in [-0.2, 0) is 0 Å². The minimum absolute atomic E-state index is 0.0915. The predicted molar refractivity (Wildman–Crippen MR) is 45.1 cm³/mol. The number of fused-ring (bicyclic) bond motifs is 1. The Morgan fingerprint density at radius 2 is 2.17 bits per heavy atom. The predicted octanol–water partition coefficient (Wildman–Crippen LogP) is 2.44. The molecule has 1 heterocycles. The van der Waals surface area contributed by atoms with Gasteiger partial charge in [0.2, 0.25) is 0 Å². The molecule has 0 bridgehead atoms. The zero-order valence-corrected chi connectivity index (χ0v) is 6.63. The van der Waals surface area contributed by atoms with Crippen molar-refractivity contribution in [1.82, 2.24) is 0 Å². The Hall–Kier alpha value is -1.57. The molecule has 0 aliphatic carbocycles. The molecule has 2 heteroatoms. The van der Waals surface area contributed by atoms with Gasteiger partial charge in [0.15, 0.2) is 11.5 Å². The summed E-state index contributed by atoms with van der Waals surface area (Å²) >= 11 is 0. The molecule has 0 atom stereocenters. The molecule has 1 aromatic carbocycles. The molecule has 2 rings (SSSR count). The molecule has 0 amide bonds. The van der Waals surface area contributed by atoms with E-state index in [1.165, 1.54) is 6.92 Å². The number of rotatable bonds is 1. The molecular weight excluding hydrogens is 152 g/mol. The van der Waals surface area contributed by atoms with Crippen molar-refractivity contribution in [2.45, 2.75) is 6.92 Å². The van der Waals surface area contributed by atoms with E-state index in [0.29, 0.717) is 11.3 Å². The van der Waals surface area contributed by atoms with Gasteiger partial charge in [0.1, 0.15) is 5.58 Å². The highest BCUT2D eigenvalue weighted by Gasteiger charge is 2.06. The lowest BCUT2D eigenvalue weighted by Crippen LogP contribution is -1.85. The van der Waals surface area contributed by atoms with E-state index in [1.807, 2.05) is 24.3 Å². The van der Waals surface area contributed by atoms with Crippen LogP contribution in [0.4, 0.5) is 0 Å². The van der Waals surface area contributed by atoms with E-state index in [4.69, 9.17) is 4.42 Å². The standard InChI is InChI=1S/C10H7O2/c1-7(11)10-6-8-4-2-3-5-9(8)12-10/h2-5H,1H3. The normalized spacial score (nSPS) is 10.4. The van der Waals surface area contributed by atoms with Crippen molar-refractivity contribution in [2.75, 3.05) is 0 Å². The molecular formula is C10H7O2. The quantitative estimate of drug-likeness (QED) is 0.598. The van der Waals surface area contributed by atoms with E-state index in [9.17, 15) is 4.79 Å². The first kappa shape index (κ1) is 7.10. The van der Waals surface area contributed by atoms with Crippen molar-refractivity contribution >= 4 is 16.8 Å². The third kappa shape index (κ3) is 1.01. The number of carbonyl (C=O) groups is 1. The van der Waals surface area contributed by atoms with Crippen LogP contribution in [0.3, 0.4) is 0 Å². The van der Waals surface area contributed by atoms with Gasteiger partial charge in [0.05, 0.1) is 0 Å². The minimum atomic E-state index is -0.0915. The second-order valence-corrected chi connectivity index (χ2v) is 2.61. The van der Waals surface area contributed by atoms with Crippen molar-refractivity contribution in [3.8, 4) is 0 Å². The van der Waals surface area contributed by atoms with Crippen LogP contribution in [0, 0.1) is 6.07 Å². The summed E-state index contributed by atoms with van der Waals surface area (Å²) in [6.07, 6.45) is 0. The summed E-state index contributed by atoms with van der Waals surface area (Å²) in [6.45, 7) is 1.47. The molecule has 2 nitrogen and oxygen atoms in total. The van der Waals surface area contributed by atoms with Crippen molar-refractivity contribution in [3.63, 3.8) is 0 Å². The Labute approximate surface area is 69.8 Å². The van der Waals surface area contributed by atoms with Crippen LogP contribution in [0.2, 0.25) is 0 Å². The molecule has 0 N–H and O–H groups in total. The molecule has 0 fully saturated rings. The van der Waals surface area contributed by atoms with Gasteiger partial charge < -0.3 is 4.42 Å². The molecule has 1 aromatic heterocycles. The first-order chi connectivity index (χ1) is 5.77. The molecule has 0 saturated carbocycles. The van der Waals surface area contributed by atoms with Gasteiger partial charge in [-0.3, -0.25) is 4.79 Å². The molecule has 0 aliphatic heterocycles. The van der Waals surface area contributed by atoms with Crippen LogP contribution >= 0.6 is 0 Å². The molecule has 12 heavy (non-hydrogen) atoms. The Bertz CT molecular complexity index is 393. The maximum atomic E-state index is 10.9. The van der Waals surface area contributed by atoms with Gasteiger partial charge >= 0.3 is 0 Å². The Kier molecular flexibility index (Phi) is 1.47. The monoisotopic (exact) mass is 159 g/mol. The number of Topliss-reactive ketones (excluding diaryl/α,β-unsaturated/α-hetero) is 1. The van der Waals surface area contributed by atoms with Crippen LogP contribution < -0.4 is 0 Å². The van der Waals surface area contributed by atoms with Crippen LogP contribution in [-0.4, -0.2) is 5.78 Å². The van der Waals surface area contributed by atoms with E-state index in [-0.39, 0.29) is 5.78 Å². The summed E-state index contributed by atoms with van der Waals surface area (Å²) in [5.41, 5.74) is 0.711. The number of hydrogen-bond donors (Lipinski definition) is 0. The van der Waals surface area contributed by atoms with Gasteiger partial charge in [-0.25, -0.2) is 0 Å².